The lowest BCUT2D eigenvalue weighted by atomic mass is 9.63. The zero-order valence-corrected chi connectivity index (χ0v) is 17.6. The van der Waals surface area contributed by atoms with Crippen LogP contribution in [-0.2, 0) is 0 Å². The second kappa shape index (κ2) is 8.18. The largest absolute Gasteiger partial charge is 0.312 e. The molecule has 0 saturated heterocycles. The number of hydrogen-bond acceptors (Lipinski definition) is 1. The van der Waals surface area contributed by atoms with Crippen molar-refractivity contribution in [2.45, 2.75) is 101 Å². The fraction of sp³-hybridized carbons (Fsp3) is 1.00. The molecule has 0 aliphatic rings. The van der Waals surface area contributed by atoms with Crippen LogP contribution in [0.4, 0.5) is 0 Å². The molecule has 0 aromatic rings. The van der Waals surface area contributed by atoms with E-state index in [1.165, 1.54) is 19.3 Å². The van der Waals surface area contributed by atoms with E-state index >= 15 is 0 Å². The third-order valence-electron chi connectivity index (χ3n) is 6.67. The standard InChI is InChI=1S/C21H45N/c1-12-16(3)18(15-22-21(10,11)13-2)17(4)14-20(8,9)19(5,6)7/h16-18,22H,12-15H2,1-11H3. The Morgan fingerprint density at radius 3 is 1.68 bits per heavy atom. The molecule has 134 valence electrons. The molecule has 1 nitrogen and oxygen atoms in total. The second-order valence-electron chi connectivity index (χ2n) is 9.98. The summed E-state index contributed by atoms with van der Waals surface area (Å²) in [6.45, 7) is 27.4. The van der Waals surface area contributed by atoms with E-state index in [2.05, 4.69) is 81.5 Å². The van der Waals surface area contributed by atoms with Crippen LogP contribution in [0.3, 0.4) is 0 Å². The Balaban J connectivity index is 4.97. The molecule has 0 aliphatic heterocycles. The minimum Gasteiger partial charge on any atom is -0.312 e. The molecule has 0 aromatic heterocycles. The van der Waals surface area contributed by atoms with Gasteiger partial charge in [-0.3, -0.25) is 0 Å². The molecule has 0 heterocycles. The van der Waals surface area contributed by atoms with Crippen LogP contribution in [0.25, 0.3) is 0 Å². The van der Waals surface area contributed by atoms with Gasteiger partial charge in [-0.15, -0.1) is 0 Å². The highest BCUT2D eigenvalue weighted by Gasteiger charge is 2.36. The van der Waals surface area contributed by atoms with Crippen molar-refractivity contribution in [3.8, 4) is 0 Å². The molecule has 3 atom stereocenters. The van der Waals surface area contributed by atoms with Crippen molar-refractivity contribution in [1.82, 2.24) is 5.32 Å². The van der Waals surface area contributed by atoms with Gasteiger partial charge in [0.25, 0.3) is 0 Å². The smallest absolute Gasteiger partial charge is 0.0122 e. The first kappa shape index (κ1) is 22.0. The van der Waals surface area contributed by atoms with E-state index in [1.54, 1.807) is 0 Å². The maximum atomic E-state index is 3.83. The van der Waals surface area contributed by atoms with Crippen molar-refractivity contribution in [1.29, 1.82) is 0 Å². The molecule has 0 radical (unpaired) electrons. The van der Waals surface area contributed by atoms with Crippen LogP contribution in [0.2, 0.25) is 0 Å². The van der Waals surface area contributed by atoms with Gasteiger partial charge in [0.05, 0.1) is 0 Å². The minimum absolute atomic E-state index is 0.255. The predicted octanol–water partition coefficient (Wildman–Crippen LogP) is 6.53. The molecular weight excluding hydrogens is 266 g/mol. The lowest BCUT2D eigenvalue weighted by Crippen LogP contribution is -2.44. The lowest BCUT2D eigenvalue weighted by Gasteiger charge is -2.43. The zero-order valence-electron chi connectivity index (χ0n) is 17.6. The quantitative estimate of drug-likeness (QED) is 0.510. The molecule has 22 heavy (non-hydrogen) atoms. The molecule has 0 saturated carbocycles. The summed E-state index contributed by atoms with van der Waals surface area (Å²) in [5.41, 5.74) is 0.987. The van der Waals surface area contributed by atoms with Crippen LogP contribution < -0.4 is 5.32 Å². The first-order chi connectivity index (χ1) is 9.77. The summed E-state index contributed by atoms with van der Waals surface area (Å²) < 4.78 is 0. The van der Waals surface area contributed by atoms with Crippen LogP contribution >= 0.6 is 0 Å². The van der Waals surface area contributed by atoms with Gasteiger partial charge in [-0.1, -0.05) is 68.7 Å². The van der Waals surface area contributed by atoms with Gasteiger partial charge in [-0.2, -0.15) is 0 Å². The summed E-state index contributed by atoms with van der Waals surface area (Å²) in [6, 6.07) is 0. The van der Waals surface area contributed by atoms with Crippen molar-refractivity contribution < 1.29 is 0 Å². The molecule has 0 bridgehead atoms. The van der Waals surface area contributed by atoms with E-state index in [4.69, 9.17) is 0 Å². The van der Waals surface area contributed by atoms with E-state index in [9.17, 15) is 0 Å². The molecule has 3 unspecified atom stereocenters. The van der Waals surface area contributed by atoms with Crippen LogP contribution in [-0.4, -0.2) is 12.1 Å². The Labute approximate surface area is 142 Å². The van der Waals surface area contributed by atoms with Crippen molar-refractivity contribution in [2.75, 3.05) is 6.54 Å². The Kier molecular flexibility index (Phi) is 8.16. The van der Waals surface area contributed by atoms with Crippen LogP contribution in [0.1, 0.15) is 95.4 Å². The van der Waals surface area contributed by atoms with Gasteiger partial charge in [-0.05, 0) is 61.8 Å². The molecule has 0 aliphatic carbocycles. The van der Waals surface area contributed by atoms with E-state index in [0.717, 1.165) is 24.3 Å². The maximum absolute atomic E-state index is 3.83. The monoisotopic (exact) mass is 311 g/mol. The number of hydrogen-bond donors (Lipinski definition) is 1. The average Bonchev–Trinajstić information content (AvgIpc) is 2.36. The van der Waals surface area contributed by atoms with Crippen LogP contribution in [0.5, 0.6) is 0 Å². The molecule has 0 spiro atoms. The SMILES string of the molecule is CCC(C)C(CNC(C)(C)CC)C(C)CC(C)(C)C(C)(C)C. The predicted molar refractivity (Wildman–Crippen MR) is 102 cm³/mol. The first-order valence-electron chi connectivity index (χ1n) is 9.52. The van der Waals surface area contributed by atoms with E-state index in [0.29, 0.717) is 10.8 Å². The van der Waals surface area contributed by atoms with Crippen molar-refractivity contribution in [2.24, 2.45) is 28.6 Å². The summed E-state index contributed by atoms with van der Waals surface area (Å²) in [5, 5.41) is 3.83. The number of nitrogens with one attached hydrogen (secondary N) is 1. The van der Waals surface area contributed by atoms with Crippen molar-refractivity contribution in [3.63, 3.8) is 0 Å². The molecule has 1 heteroatoms. The molecule has 0 fully saturated rings. The van der Waals surface area contributed by atoms with Crippen molar-refractivity contribution >= 4 is 0 Å². The Bertz CT molecular complexity index is 308. The van der Waals surface area contributed by atoms with Gasteiger partial charge in [0.15, 0.2) is 0 Å². The summed E-state index contributed by atoms with van der Waals surface area (Å²) in [6.07, 6.45) is 3.76. The fourth-order valence-corrected chi connectivity index (χ4v) is 3.05. The molecule has 0 amide bonds. The highest BCUT2D eigenvalue weighted by atomic mass is 15.0. The first-order valence-corrected chi connectivity index (χ1v) is 9.52. The van der Waals surface area contributed by atoms with E-state index in [-0.39, 0.29) is 5.54 Å². The zero-order chi connectivity index (χ0) is 17.8. The second-order valence-corrected chi connectivity index (χ2v) is 9.98. The Morgan fingerprint density at radius 1 is 0.818 bits per heavy atom. The molecule has 0 rings (SSSR count). The van der Waals surface area contributed by atoms with Gasteiger partial charge in [0, 0.05) is 5.54 Å². The fourth-order valence-electron chi connectivity index (χ4n) is 3.05. The highest BCUT2D eigenvalue weighted by molar-refractivity contribution is 4.88. The van der Waals surface area contributed by atoms with Crippen molar-refractivity contribution in [3.05, 3.63) is 0 Å². The lowest BCUT2D eigenvalue weighted by molar-refractivity contribution is 0.0707. The summed E-state index contributed by atoms with van der Waals surface area (Å²) in [5.74, 6) is 2.30. The van der Waals surface area contributed by atoms with Gasteiger partial charge >= 0.3 is 0 Å². The normalized spacial score (nSPS) is 18.1. The van der Waals surface area contributed by atoms with Gasteiger partial charge in [0.2, 0.25) is 0 Å². The maximum Gasteiger partial charge on any atom is 0.0122 e. The molecule has 1 N–H and O–H groups in total. The summed E-state index contributed by atoms with van der Waals surface area (Å²) in [7, 11) is 0. The van der Waals surface area contributed by atoms with Gasteiger partial charge < -0.3 is 5.32 Å². The molecular formula is C21H45N. The van der Waals surface area contributed by atoms with Gasteiger partial charge in [-0.25, -0.2) is 0 Å². The number of rotatable bonds is 9. The van der Waals surface area contributed by atoms with E-state index < -0.39 is 0 Å². The van der Waals surface area contributed by atoms with E-state index in [1.807, 2.05) is 0 Å². The highest BCUT2D eigenvalue weighted by Crippen LogP contribution is 2.45. The minimum atomic E-state index is 0.255. The van der Waals surface area contributed by atoms with Crippen LogP contribution in [0.15, 0.2) is 0 Å². The third kappa shape index (κ3) is 6.60. The van der Waals surface area contributed by atoms with Gasteiger partial charge in [0.1, 0.15) is 0 Å². The average molecular weight is 312 g/mol. The molecule has 0 aromatic carbocycles. The Hall–Kier alpha value is -0.0400. The summed E-state index contributed by atoms with van der Waals surface area (Å²) in [4.78, 5) is 0. The summed E-state index contributed by atoms with van der Waals surface area (Å²) >= 11 is 0. The third-order valence-corrected chi connectivity index (χ3v) is 6.67. The topological polar surface area (TPSA) is 12.0 Å². The van der Waals surface area contributed by atoms with Crippen LogP contribution in [0, 0.1) is 28.6 Å². The Morgan fingerprint density at radius 2 is 1.32 bits per heavy atom.